The van der Waals surface area contributed by atoms with Crippen molar-refractivity contribution in [3.63, 3.8) is 0 Å². The van der Waals surface area contributed by atoms with Gasteiger partial charge in [-0.2, -0.15) is 5.26 Å². The molecule has 6 heteroatoms. The van der Waals surface area contributed by atoms with Gasteiger partial charge in [0, 0.05) is 16.6 Å². The van der Waals surface area contributed by atoms with E-state index in [9.17, 15) is 4.79 Å². The Morgan fingerprint density at radius 3 is 2.95 bits per heavy atom. The number of rotatable bonds is 3. The summed E-state index contributed by atoms with van der Waals surface area (Å²) in [4.78, 5) is 16.8. The van der Waals surface area contributed by atoms with Crippen molar-refractivity contribution >= 4 is 17.2 Å². The lowest BCUT2D eigenvalue weighted by Crippen LogP contribution is -2.23. The predicted molar refractivity (Wildman–Crippen MR) is 78.4 cm³/mol. The highest BCUT2D eigenvalue weighted by Gasteiger charge is 2.09. The summed E-state index contributed by atoms with van der Waals surface area (Å²) >= 11 is 1.48. The maximum Gasteiger partial charge on any atom is 0.270 e. The molecule has 2 aromatic heterocycles. The van der Waals surface area contributed by atoms with Crippen molar-refractivity contribution in [2.75, 3.05) is 6.61 Å². The molecule has 0 saturated heterocycles. The Bertz CT molecular complexity index is 733. The van der Waals surface area contributed by atoms with Gasteiger partial charge < -0.3 is 10.4 Å². The van der Waals surface area contributed by atoms with Crippen LogP contribution in [0.3, 0.4) is 0 Å². The third-order valence-corrected chi connectivity index (χ3v) is 3.50. The monoisotopic (exact) mass is 297 g/mol. The van der Waals surface area contributed by atoms with Crippen molar-refractivity contribution in [1.82, 2.24) is 10.3 Å². The van der Waals surface area contributed by atoms with E-state index < -0.39 is 0 Å². The van der Waals surface area contributed by atoms with Gasteiger partial charge in [-0.15, -0.1) is 11.3 Å². The fourth-order valence-corrected chi connectivity index (χ4v) is 2.34. The second-order valence-electron chi connectivity index (χ2n) is 3.94. The molecule has 0 aliphatic rings. The molecule has 0 spiro atoms. The smallest absolute Gasteiger partial charge is 0.270 e. The number of carbonyl (C=O) groups excluding carboxylic acids is 1. The van der Waals surface area contributed by atoms with Crippen LogP contribution in [-0.2, 0) is 6.54 Å². The van der Waals surface area contributed by atoms with Gasteiger partial charge in [0.05, 0.1) is 12.1 Å². The third-order valence-electron chi connectivity index (χ3n) is 2.58. The van der Waals surface area contributed by atoms with Crippen LogP contribution in [0.5, 0.6) is 0 Å². The number of carbonyl (C=O) groups is 1. The number of pyridine rings is 1. The summed E-state index contributed by atoms with van der Waals surface area (Å²) in [5.74, 6) is 5.10. The second-order valence-corrected chi connectivity index (χ2v) is 4.94. The Morgan fingerprint density at radius 1 is 1.43 bits per heavy atom. The highest BCUT2D eigenvalue weighted by molar-refractivity contribution is 7.10. The molecule has 0 aromatic carbocycles. The number of nitriles is 1. The van der Waals surface area contributed by atoms with E-state index in [4.69, 9.17) is 10.4 Å². The Hall–Kier alpha value is -2.67. The van der Waals surface area contributed by atoms with Gasteiger partial charge in [0.25, 0.3) is 5.91 Å². The molecule has 104 valence electrons. The van der Waals surface area contributed by atoms with Gasteiger partial charge in [0.1, 0.15) is 18.4 Å². The Labute approximate surface area is 125 Å². The molecule has 0 bridgehead atoms. The van der Waals surface area contributed by atoms with Crippen molar-refractivity contribution in [2.45, 2.75) is 6.54 Å². The van der Waals surface area contributed by atoms with E-state index in [2.05, 4.69) is 22.1 Å². The molecule has 2 N–H and O–H groups in total. The van der Waals surface area contributed by atoms with Crippen LogP contribution in [0.15, 0.2) is 29.8 Å². The summed E-state index contributed by atoms with van der Waals surface area (Å²) in [7, 11) is 0. The third kappa shape index (κ3) is 3.90. The lowest BCUT2D eigenvalue weighted by Gasteiger charge is -2.03. The minimum Gasteiger partial charge on any atom is -0.384 e. The van der Waals surface area contributed by atoms with E-state index in [1.807, 2.05) is 17.5 Å². The fraction of sp³-hybridized carbons (Fsp3) is 0.133. The minimum absolute atomic E-state index is 0.198. The van der Waals surface area contributed by atoms with Gasteiger partial charge in [-0.05, 0) is 23.6 Å². The van der Waals surface area contributed by atoms with E-state index in [0.717, 1.165) is 10.4 Å². The van der Waals surface area contributed by atoms with E-state index in [-0.39, 0.29) is 18.2 Å². The Morgan fingerprint density at radius 2 is 2.29 bits per heavy atom. The molecule has 0 aliphatic carbocycles. The van der Waals surface area contributed by atoms with Crippen LogP contribution in [0.25, 0.3) is 0 Å². The van der Waals surface area contributed by atoms with Crippen LogP contribution >= 0.6 is 11.3 Å². The number of hydrogen-bond acceptors (Lipinski definition) is 5. The summed E-state index contributed by atoms with van der Waals surface area (Å²) in [6.07, 6.45) is 1.36. The molecule has 5 nitrogen and oxygen atoms in total. The van der Waals surface area contributed by atoms with Crippen molar-refractivity contribution in [1.29, 1.82) is 5.26 Å². The molecule has 0 fully saturated rings. The van der Waals surface area contributed by atoms with Gasteiger partial charge in [-0.25, -0.2) is 4.98 Å². The van der Waals surface area contributed by atoms with E-state index in [0.29, 0.717) is 12.1 Å². The maximum absolute atomic E-state index is 11.9. The van der Waals surface area contributed by atoms with E-state index in [1.165, 1.54) is 23.6 Å². The van der Waals surface area contributed by atoms with Crippen LogP contribution in [-0.4, -0.2) is 22.6 Å². The standard InChI is InChI=1S/C15H11N3O2S/c16-8-11-3-4-13(17-9-11)15(20)18-10-14-12(2-1-6-19)5-7-21-14/h3-5,7,9,19H,6,10H2,(H,18,20). The molecule has 2 rings (SSSR count). The molecule has 1 amide bonds. The highest BCUT2D eigenvalue weighted by Crippen LogP contribution is 2.15. The summed E-state index contributed by atoms with van der Waals surface area (Å²) in [6, 6.07) is 6.84. The van der Waals surface area contributed by atoms with Gasteiger partial charge in [0.15, 0.2) is 0 Å². The normalized spacial score (nSPS) is 9.33. The van der Waals surface area contributed by atoms with Crippen LogP contribution in [0.2, 0.25) is 0 Å². The van der Waals surface area contributed by atoms with Crippen LogP contribution in [0.1, 0.15) is 26.5 Å². The van der Waals surface area contributed by atoms with E-state index in [1.54, 1.807) is 6.07 Å². The zero-order valence-corrected chi connectivity index (χ0v) is 11.8. The SMILES string of the molecule is N#Cc1ccc(C(=O)NCc2sccc2C#CCO)nc1. The first kappa shape index (κ1) is 14.7. The fourth-order valence-electron chi connectivity index (χ4n) is 1.57. The first-order chi connectivity index (χ1) is 10.2. The molecule has 21 heavy (non-hydrogen) atoms. The predicted octanol–water partition coefficient (Wildman–Crippen LogP) is 1.29. The van der Waals surface area contributed by atoms with Gasteiger partial charge >= 0.3 is 0 Å². The summed E-state index contributed by atoms with van der Waals surface area (Å²) in [6.45, 7) is 0.143. The van der Waals surface area contributed by atoms with Crippen LogP contribution < -0.4 is 5.32 Å². The zero-order chi connectivity index (χ0) is 15.1. The van der Waals surface area contributed by atoms with Gasteiger partial charge in [-0.3, -0.25) is 4.79 Å². The van der Waals surface area contributed by atoms with E-state index >= 15 is 0 Å². The molecule has 0 saturated carbocycles. The first-order valence-electron chi connectivity index (χ1n) is 6.05. The maximum atomic E-state index is 11.9. The largest absolute Gasteiger partial charge is 0.384 e. The number of aliphatic hydroxyl groups excluding tert-OH is 1. The average Bonchev–Trinajstić information content (AvgIpc) is 2.98. The quantitative estimate of drug-likeness (QED) is 0.836. The number of thiophene rings is 1. The molecule has 2 heterocycles. The number of hydrogen-bond donors (Lipinski definition) is 2. The summed E-state index contributed by atoms with van der Waals surface area (Å²) in [5, 5.41) is 22.0. The minimum atomic E-state index is -0.311. The summed E-state index contributed by atoms with van der Waals surface area (Å²) < 4.78 is 0. The molecule has 2 aromatic rings. The topological polar surface area (TPSA) is 86.0 Å². The van der Waals surface area contributed by atoms with Crippen LogP contribution in [0, 0.1) is 23.2 Å². The average molecular weight is 297 g/mol. The Kier molecular flexibility index (Phi) is 5.05. The first-order valence-corrected chi connectivity index (χ1v) is 6.93. The Balaban J connectivity index is 2.01. The number of aromatic nitrogens is 1. The van der Waals surface area contributed by atoms with Crippen molar-refractivity contribution in [3.8, 4) is 17.9 Å². The highest BCUT2D eigenvalue weighted by atomic mass is 32.1. The lowest BCUT2D eigenvalue weighted by molar-refractivity contribution is 0.0946. The van der Waals surface area contributed by atoms with Crippen molar-refractivity contribution in [2.24, 2.45) is 0 Å². The molecule has 0 atom stereocenters. The lowest BCUT2D eigenvalue weighted by atomic mass is 10.2. The van der Waals surface area contributed by atoms with Crippen LogP contribution in [0.4, 0.5) is 0 Å². The molecular formula is C15H11N3O2S. The molecular weight excluding hydrogens is 286 g/mol. The van der Waals surface area contributed by atoms with Crippen molar-refractivity contribution in [3.05, 3.63) is 51.5 Å². The molecule has 0 aliphatic heterocycles. The summed E-state index contributed by atoms with van der Waals surface area (Å²) in [5.41, 5.74) is 1.46. The molecule has 0 unspecified atom stereocenters. The molecule has 0 radical (unpaired) electrons. The second kappa shape index (κ2) is 7.20. The van der Waals surface area contributed by atoms with Crippen molar-refractivity contribution < 1.29 is 9.90 Å². The number of amides is 1. The van der Waals surface area contributed by atoms with Gasteiger partial charge in [0.2, 0.25) is 0 Å². The van der Waals surface area contributed by atoms with Gasteiger partial charge in [-0.1, -0.05) is 11.8 Å². The zero-order valence-electron chi connectivity index (χ0n) is 11.0. The number of aliphatic hydroxyl groups is 1. The number of nitrogens with one attached hydrogen (secondary N) is 1. The number of nitrogens with zero attached hydrogens (tertiary/aromatic N) is 2.